The Balaban J connectivity index is 0.0000129. The molecule has 84 heavy (non-hydrogen) atoms. The first-order valence-corrected chi connectivity index (χ1v) is 33.8. The maximum absolute atomic E-state index is 14.7. The van der Waals surface area contributed by atoms with Crippen LogP contribution in [-0.4, -0.2) is 190 Å². The predicted molar refractivity (Wildman–Crippen MR) is 327 cm³/mol. The molecule has 4 aliphatic heterocycles. The van der Waals surface area contributed by atoms with Crippen molar-refractivity contribution < 1.29 is 80.7 Å². The number of aliphatic hydroxyl groups is 5. The van der Waals surface area contributed by atoms with E-state index in [0.717, 1.165) is 51.7 Å². The van der Waals surface area contributed by atoms with Crippen LogP contribution in [0, 0.1) is 17.8 Å². The lowest BCUT2D eigenvalue weighted by atomic mass is 9.77. The molecule has 18 atom stereocenters. The highest BCUT2D eigenvalue weighted by Gasteiger charge is 2.54. The summed E-state index contributed by atoms with van der Waals surface area (Å²) in [6.45, 7) is 19.2. The Labute approximate surface area is 511 Å². The van der Waals surface area contributed by atoms with Crippen molar-refractivity contribution in [1.82, 2.24) is 9.80 Å². The Morgan fingerprint density at radius 1 is 0.774 bits per heavy atom. The number of aliphatic hydroxyl groups excluding tert-OH is 3. The number of likely N-dealkylation sites (N-methyl/N-ethyl adjacent to an activating group) is 1. The molecule has 2 aromatic carbocycles. The van der Waals surface area contributed by atoms with Gasteiger partial charge in [0.2, 0.25) is 5.91 Å². The molecule has 0 spiro atoms. The van der Waals surface area contributed by atoms with Gasteiger partial charge in [-0.3, -0.25) is 9.59 Å². The van der Waals surface area contributed by atoms with Gasteiger partial charge >= 0.3 is 5.97 Å². The molecule has 0 saturated carbocycles. The number of benzene rings is 2. The van der Waals surface area contributed by atoms with E-state index in [0.29, 0.717) is 18.5 Å². The van der Waals surface area contributed by atoms with E-state index in [4.69, 9.17) is 33.2 Å². The van der Waals surface area contributed by atoms with Gasteiger partial charge in [0.15, 0.2) is 12.6 Å². The number of ether oxygens (including phenoxy) is 7. The molecule has 0 aromatic heterocycles. The number of carbonyl (C=O) groups is 2. The van der Waals surface area contributed by atoms with E-state index < -0.39 is 109 Å². The number of cyclic esters (lactones) is 1. The Kier molecular flexibility index (Phi) is 28.4. The molecule has 4 fully saturated rings. The third kappa shape index (κ3) is 17.9. The summed E-state index contributed by atoms with van der Waals surface area (Å²) in [5, 5.41) is 63.6. The van der Waals surface area contributed by atoms with Gasteiger partial charge < -0.3 is 80.9 Å². The summed E-state index contributed by atoms with van der Waals surface area (Å²) in [6.07, 6.45) is 3.73. The third-order valence-corrected chi connectivity index (χ3v) is 24.6. The largest absolute Gasteiger partial charge is 1.00 e. The van der Waals surface area contributed by atoms with E-state index >= 15 is 0 Å². The average Bonchev–Trinajstić information content (AvgIpc) is 1.42. The Hall–Kier alpha value is -2.38. The Morgan fingerprint density at radius 2 is 1.33 bits per heavy atom. The minimum atomic E-state index is -2.00. The van der Waals surface area contributed by atoms with Crippen molar-refractivity contribution in [1.29, 1.82) is 0 Å². The molecule has 6 rings (SSSR count). The van der Waals surface area contributed by atoms with Gasteiger partial charge in [0, 0.05) is 51.3 Å². The maximum atomic E-state index is 14.7. The van der Waals surface area contributed by atoms with E-state index in [-0.39, 0.29) is 62.7 Å². The van der Waals surface area contributed by atoms with Crippen LogP contribution in [0.2, 0.25) is 0 Å². The van der Waals surface area contributed by atoms with Crippen molar-refractivity contribution >= 4 is 29.7 Å². The first-order valence-electron chi connectivity index (χ1n) is 31.7. The summed E-state index contributed by atoms with van der Waals surface area (Å²) in [7, 11) is 3.62. The van der Waals surface area contributed by atoms with Gasteiger partial charge in [-0.05, 0) is 131 Å². The zero-order valence-corrected chi connectivity index (χ0v) is 54.9. The van der Waals surface area contributed by atoms with Gasteiger partial charge in [-0.15, -0.1) is 0 Å². The zero-order chi connectivity index (χ0) is 60.9. The number of methoxy groups -OCH3 is 1. The summed E-state index contributed by atoms with van der Waals surface area (Å²) < 4.78 is 44.2. The summed E-state index contributed by atoms with van der Waals surface area (Å²) in [5.41, 5.74) is -4.16. The molecule has 4 heterocycles. The first-order chi connectivity index (χ1) is 39.3. The van der Waals surface area contributed by atoms with Gasteiger partial charge in [0.1, 0.15) is 30.0 Å². The Bertz CT molecular complexity index is 2210. The number of amides is 1. The molecule has 0 aliphatic carbocycles. The highest BCUT2D eigenvalue weighted by molar-refractivity contribution is 7.90. The zero-order valence-electron chi connectivity index (χ0n) is 53.3. The van der Waals surface area contributed by atoms with Crippen molar-refractivity contribution in [3.05, 3.63) is 60.7 Å². The van der Waals surface area contributed by atoms with Crippen LogP contribution in [0.4, 0.5) is 0 Å². The van der Waals surface area contributed by atoms with Gasteiger partial charge in [0.05, 0.1) is 90.5 Å². The van der Waals surface area contributed by atoms with Crippen LogP contribution in [0.15, 0.2) is 60.7 Å². The van der Waals surface area contributed by atoms with Crippen LogP contribution >= 0.6 is 7.26 Å². The standard InChI is InChI=1S/C66H110N2O14P.ClH/c1-14-54-66(10,75)59(71)48(6)68(55(69)34-28-20-18-16-15-17-19-21-29-39-83(50-30-24-22-25-31-50,51-32-26-23-27-33-51)52-35-37-77-38-36-52)43-44(2)41-64(8,74)61(82-63-57(70)53(67(11)12)40-45(3)78-63)46(4)58(47(5)62(73)80-54)81-56-42-65(9,76-13)60(72)49(7)79-56;/h22-27,30-33,44-49,52-54,56-61,63,70-72,74-75H,14-21,28-29,34-43H2,1-13H3;1H/q+1;/p-1/t44-,45-,46+,47-,48-,49+,53+,54-,56+,57-,58+,59-,60+,61-,63+,64-,65-,66-;/m1./s1. The minimum absolute atomic E-state index is 0. The molecular formula is C66H110ClN2O14P. The quantitative estimate of drug-likeness (QED) is 0.0557. The van der Waals surface area contributed by atoms with Crippen molar-refractivity contribution in [2.45, 2.75) is 268 Å². The van der Waals surface area contributed by atoms with Crippen molar-refractivity contribution in [3.63, 3.8) is 0 Å². The summed E-state index contributed by atoms with van der Waals surface area (Å²) in [5.74, 6) is -3.25. The molecule has 480 valence electrons. The molecule has 1 amide bonds. The molecule has 0 bridgehead atoms. The van der Waals surface area contributed by atoms with Gasteiger partial charge in [-0.2, -0.15) is 0 Å². The Morgan fingerprint density at radius 3 is 1.88 bits per heavy atom. The fourth-order valence-electron chi connectivity index (χ4n) is 14.4. The van der Waals surface area contributed by atoms with Crippen LogP contribution in [0.3, 0.4) is 0 Å². The normalized spacial score (nSPS) is 36.3. The number of nitrogens with zero attached hydrogens (tertiary/aromatic N) is 2. The fraction of sp³-hybridized carbons (Fsp3) is 0.788. The van der Waals surface area contributed by atoms with Crippen LogP contribution in [0.25, 0.3) is 0 Å². The smallest absolute Gasteiger partial charge is 0.311 e. The monoisotopic (exact) mass is 1220 g/mol. The highest BCUT2D eigenvalue weighted by Crippen LogP contribution is 2.64. The number of carbonyl (C=O) groups excluding carboxylic acids is 2. The molecule has 16 nitrogen and oxygen atoms in total. The molecule has 4 aliphatic rings. The average molecular weight is 1220 g/mol. The number of halogens is 1. The number of hydrogen-bond donors (Lipinski definition) is 5. The van der Waals surface area contributed by atoms with E-state index in [9.17, 15) is 35.1 Å². The topological polar surface area (TPSA) is 206 Å². The van der Waals surface area contributed by atoms with Gasteiger partial charge in [-0.1, -0.05) is 95.7 Å². The van der Waals surface area contributed by atoms with Gasteiger partial charge in [-0.25, -0.2) is 0 Å². The number of hydrogen-bond acceptors (Lipinski definition) is 15. The second-order valence-electron chi connectivity index (χ2n) is 26.3. The van der Waals surface area contributed by atoms with Crippen molar-refractivity contribution in [2.75, 3.05) is 47.1 Å². The van der Waals surface area contributed by atoms with Crippen molar-refractivity contribution in [3.8, 4) is 0 Å². The lowest BCUT2D eigenvalue weighted by Crippen LogP contribution is -3.00. The second kappa shape index (κ2) is 32.9. The highest BCUT2D eigenvalue weighted by atomic mass is 35.5. The van der Waals surface area contributed by atoms with E-state index in [2.05, 4.69) is 60.7 Å². The van der Waals surface area contributed by atoms with Gasteiger partial charge in [0.25, 0.3) is 0 Å². The molecule has 18 heteroatoms. The summed E-state index contributed by atoms with van der Waals surface area (Å²) in [4.78, 5) is 32.9. The SMILES string of the molecule is CC[C@H]1OC(=O)[C@H](C)[C@@H](O[C@H]2C[C@@](C)(OC)[C@@H](O)[C@H](C)O2)[C@H](C)[C@@H](O[C@@H]2O[C@H](C)C[C@H](N(C)C)[C@H]2O)[C@](C)(O)C[C@@H](C)CN(C(=O)CCCCCCCCCCC[P+](c2ccccc2)(c2ccccc2)C2CCOCC2)[C@H](C)[C@@H](O)[C@]1(C)O.[Cl-]. The fourth-order valence-corrected chi connectivity index (χ4v) is 19.6. The predicted octanol–water partition coefficient (Wildman–Crippen LogP) is 5.55. The molecule has 4 saturated heterocycles. The first kappa shape index (κ1) is 72.4. The van der Waals surface area contributed by atoms with Crippen LogP contribution in [0.1, 0.15) is 172 Å². The summed E-state index contributed by atoms with van der Waals surface area (Å²) in [6, 6.07) is 21.3. The minimum Gasteiger partial charge on any atom is -1.00 e. The lowest BCUT2D eigenvalue weighted by Gasteiger charge is -2.48. The summed E-state index contributed by atoms with van der Waals surface area (Å²) >= 11 is 0. The van der Waals surface area contributed by atoms with Crippen molar-refractivity contribution in [2.24, 2.45) is 17.8 Å². The van der Waals surface area contributed by atoms with E-state index in [1.807, 2.05) is 39.8 Å². The maximum Gasteiger partial charge on any atom is 0.311 e. The third-order valence-electron chi connectivity index (χ3n) is 19.4. The van der Waals surface area contributed by atoms with Crippen LogP contribution < -0.4 is 23.0 Å². The molecule has 5 N–H and O–H groups in total. The molecule has 0 unspecified atom stereocenters. The molecule has 0 radical (unpaired) electrons. The molecular weight excluding hydrogens is 1110 g/mol. The van der Waals surface area contributed by atoms with Crippen LogP contribution in [0.5, 0.6) is 0 Å². The molecule has 2 aromatic rings. The number of rotatable bonds is 22. The second-order valence-corrected chi connectivity index (χ2v) is 30.3. The van der Waals surface area contributed by atoms with Crippen LogP contribution in [-0.2, 0) is 42.7 Å². The lowest BCUT2D eigenvalue weighted by molar-refractivity contribution is -0.318. The number of esters is 1. The van der Waals surface area contributed by atoms with E-state index in [1.54, 1.807) is 46.4 Å². The number of unbranched alkanes of at least 4 members (excludes halogenated alkanes) is 8. The van der Waals surface area contributed by atoms with E-state index in [1.165, 1.54) is 56.5 Å².